The van der Waals surface area contributed by atoms with Crippen molar-refractivity contribution in [3.8, 4) is 0 Å². The predicted octanol–water partition coefficient (Wildman–Crippen LogP) is 3.85. The van der Waals surface area contributed by atoms with Crippen molar-refractivity contribution in [2.24, 2.45) is 5.92 Å². The van der Waals surface area contributed by atoms with Gasteiger partial charge in [-0.15, -0.1) is 16.4 Å². The number of tetrazole rings is 1. The normalized spacial score (nSPS) is 12.5. The topological polar surface area (TPSA) is 106 Å². The number of nitrogens with one attached hydrogen (secondary N) is 1. The van der Waals surface area contributed by atoms with Gasteiger partial charge < -0.3 is 9.72 Å². The van der Waals surface area contributed by atoms with E-state index in [1.807, 2.05) is 42.6 Å². The highest BCUT2D eigenvalue weighted by molar-refractivity contribution is 7.09. The maximum Gasteiger partial charge on any atom is 0.327 e. The second-order valence-corrected chi connectivity index (χ2v) is 9.87. The Balaban J connectivity index is 1.74. The monoisotopic (exact) mass is 494 g/mol. The van der Waals surface area contributed by atoms with Crippen molar-refractivity contribution >= 4 is 28.2 Å². The van der Waals surface area contributed by atoms with E-state index in [0.717, 1.165) is 21.3 Å². The van der Waals surface area contributed by atoms with Crippen molar-refractivity contribution in [2.75, 3.05) is 6.61 Å². The number of aryl methyl sites for hydroxylation is 1. The predicted molar refractivity (Wildman–Crippen MR) is 135 cm³/mol. The third-order valence-electron chi connectivity index (χ3n) is 5.91. The van der Waals surface area contributed by atoms with Gasteiger partial charge in [0, 0.05) is 23.5 Å². The number of pyridine rings is 1. The van der Waals surface area contributed by atoms with E-state index in [1.54, 1.807) is 18.3 Å². The highest BCUT2D eigenvalue weighted by Crippen LogP contribution is 2.31. The average molecular weight is 495 g/mol. The molecule has 0 aliphatic carbocycles. The number of carbonyl (C=O) groups excluding carboxylic acids is 1. The SMILES string of the molecule is CCOC(=O)Cn1nnnc1[C@H](C(C)C)N(Cc1cccs1)Cc1cc2cccc(C)c2[nH]c1=O. The van der Waals surface area contributed by atoms with E-state index in [0.29, 0.717) is 31.1 Å². The molecule has 1 aromatic carbocycles. The van der Waals surface area contributed by atoms with Crippen molar-refractivity contribution in [2.45, 2.75) is 53.4 Å². The smallest absolute Gasteiger partial charge is 0.327 e. The first kappa shape index (κ1) is 24.7. The molecule has 35 heavy (non-hydrogen) atoms. The first-order valence-corrected chi connectivity index (χ1v) is 12.5. The van der Waals surface area contributed by atoms with Gasteiger partial charge in [-0.25, -0.2) is 4.68 Å². The number of rotatable bonds is 10. The molecule has 1 atom stereocenters. The van der Waals surface area contributed by atoms with Crippen LogP contribution in [0.4, 0.5) is 0 Å². The van der Waals surface area contributed by atoms with Gasteiger partial charge in [0.1, 0.15) is 6.54 Å². The Morgan fingerprint density at radius 1 is 1.23 bits per heavy atom. The van der Waals surface area contributed by atoms with Gasteiger partial charge in [-0.1, -0.05) is 38.1 Å². The van der Waals surface area contributed by atoms with Crippen LogP contribution >= 0.6 is 11.3 Å². The number of esters is 1. The fourth-order valence-electron chi connectivity index (χ4n) is 4.37. The molecule has 0 fully saturated rings. The van der Waals surface area contributed by atoms with Gasteiger partial charge in [0.2, 0.25) is 0 Å². The van der Waals surface area contributed by atoms with E-state index in [9.17, 15) is 9.59 Å². The van der Waals surface area contributed by atoms with E-state index >= 15 is 0 Å². The van der Waals surface area contributed by atoms with Crippen LogP contribution < -0.4 is 5.56 Å². The van der Waals surface area contributed by atoms with Gasteiger partial charge >= 0.3 is 5.97 Å². The Bertz CT molecular complexity index is 1350. The Morgan fingerprint density at radius 2 is 2.06 bits per heavy atom. The summed E-state index contributed by atoms with van der Waals surface area (Å²) in [6, 6.07) is 11.8. The number of hydrogen-bond acceptors (Lipinski definition) is 8. The number of aromatic amines is 1. The van der Waals surface area contributed by atoms with E-state index < -0.39 is 5.97 Å². The maximum absolute atomic E-state index is 13.1. The molecule has 0 spiro atoms. The number of carbonyl (C=O) groups is 1. The number of ether oxygens (including phenoxy) is 1. The van der Waals surface area contributed by atoms with Crippen LogP contribution in [0.3, 0.4) is 0 Å². The molecule has 3 heterocycles. The van der Waals surface area contributed by atoms with Gasteiger partial charge in [0.25, 0.3) is 5.56 Å². The minimum atomic E-state index is -0.394. The highest BCUT2D eigenvalue weighted by atomic mass is 32.1. The minimum absolute atomic E-state index is 0.0674. The zero-order valence-corrected chi connectivity index (χ0v) is 21.2. The third kappa shape index (κ3) is 5.66. The molecule has 0 aliphatic heterocycles. The Kier molecular flexibility index (Phi) is 7.72. The molecular weight excluding hydrogens is 464 g/mol. The molecule has 0 radical (unpaired) electrons. The van der Waals surface area contributed by atoms with Gasteiger partial charge in [0.05, 0.1) is 18.2 Å². The van der Waals surface area contributed by atoms with E-state index in [2.05, 4.69) is 45.3 Å². The summed E-state index contributed by atoms with van der Waals surface area (Å²) < 4.78 is 6.60. The summed E-state index contributed by atoms with van der Waals surface area (Å²) in [5, 5.41) is 15.2. The minimum Gasteiger partial charge on any atom is -0.465 e. The maximum atomic E-state index is 13.1. The summed E-state index contributed by atoms with van der Waals surface area (Å²) in [7, 11) is 0. The molecular formula is C25H30N6O3S. The van der Waals surface area contributed by atoms with Crippen LogP contribution in [0.2, 0.25) is 0 Å². The zero-order chi connectivity index (χ0) is 24.9. The Labute approximate surface area is 207 Å². The van der Waals surface area contributed by atoms with Gasteiger partial charge in [-0.2, -0.15) is 0 Å². The molecule has 9 nitrogen and oxygen atoms in total. The lowest BCUT2D eigenvalue weighted by molar-refractivity contribution is -0.144. The van der Waals surface area contributed by atoms with Crippen LogP contribution in [-0.4, -0.2) is 42.7 Å². The standard InChI is InChI=1S/C25H30N6O3S/c1-5-34-21(32)15-31-24(27-28-29-31)23(16(2)3)30(14-20-10-7-11-35-20)13-19-12-18-9-6-8-17(4)22(18)26-25(19)33/h6-12,16,23H,5,13-15H2,1-4H3,(H,26,33)/t23-/m0/s1. The van der Waals surface area contributed by atoms with Gasteiger partial charge in [0.15, 0.2) is 5.82 Å². The van der Waals surface area contributed by atoms with Crippen molar-refractivity contribution < 1.29 is 9.53 Å². The number of nitrogens with zero attached hydrogens (tertiary/aromatic N) is 5. The van der Waals surface area contributed by atoms with E-state index in [4.69, 9.17) is 4.74 Å². The first-order valence-electron chi connectivity index (χ1n) is 11.7. The molecule has 4 rings (SSSR count). The molecule has 0 saturated heterocycles. The lowest BCUT2D eigenvalue weighted by atomic mass is 10.00. The summed E-state index contributed by atoms with van der Waals surface area (Å²) in [5.74, 6) is 0.274. The summed E-state index contributed by atoms with van der Waals surface area (Å²) in [5.41, 5.74) is 2.43. The molecule has 0 unspecified atom stereocenters. The molecule has 0 bridgehead atoms. The number of H-pyrrole nitrogens is 1. The van der Waals surface area contributed by atoms with Crippen molar-refractivity contribution in [1.82, 2.24) is 30.1 Å². The number of aromatic nitrogens is 5. The fourth-order valence-corrected chi connectivity index (χ4v) is 5.10. The number of thiophene rings is 1. The van der Waals surface area contributed by atoms with Crippen LogP contribution in [-0.2, 0) is 29.2 Å². The van der Waals surface area contributed by atoms with Crippen LogP contribution in [0.1, 0.15) is 48.6 Å². The fraction of sp³-hybridized carbons (Fsp3) is 0.400. The number of benzene rings is 1. The summed E-state index contributed by atoms with van der Waals surface area (Å²) in [6.45, 7) is 9.15. The molecule has 0 amide bonds. The quantitative estimate of drug-likeness (QED) is 0.334. The Morgan fingerprint density at radius 3 is 2.77 bits per heavy atom. The molecule has 4 aromatic rings. The number of fused-ring (bicyclic) bond motifs is 1. The largest absolute Gasteiger partial charge is 0.465 e. The average Bonchev–Trinajstić information content (AvgIpc) is 3.48. The van der Waals surface area contributed by atoms with Gasteiger partial charge in [-0.3, -0.25) is 14.5 Å². The van der Waals surface area contributed by atoms with E-state index in [1.165, 1.54) is 4.68 Å². The van der Waals surface area contributed by atoms with Crippen molar-refractivity contribution in [1.29, 1.82) is 0 Å². The first-order chi connectivity index (χ1) is 16.9. The van der Waals surface area contributed by atoms with Crippen LogP contribution in [0.25, 0.3) is 10.9 Å². The lowest BCUT2D eigenvalue weighted by Gasteiger charge is -2.33. The third-order valence-corrected chi connectivity index (χ3v) is 6.77. The molecule has 184 valence electrons. The van der Waals surface area contributed by atoms with Crippen molar-refractivity contribution in [3.05, 3.63) is 74.0 Å². The second kappa shape index (κ2) is 10.9. The van der Waals surface area contributed by atoms with Crippen LogP contribution in [0, 0.1) is 12.8 Å². The highest BCUT2D eigenvalue weighted by Gasteiger charge is 2.31. The molecule has 1 N–H and O–H groups in total. The summed E-state index contributed by atoms with van der Waals surface area (Å²) in [6.07, 6.45) is 0. The zero-order valence-electron chi connectivity index (χ0n) is 20.4. The van der Waals surface area contributed by atoms with Crippen LogP contribution in [0.5, 0.6) is 0 Å². The van der Waals surface area contributed by atoms with Crippen LogP contribution in [0.15, 0.2) is 46.6 Å². The van der Waals surface area contributed by atoms with Gasteiger partial charge in [-0.05, 0) is 58.7 Å². The molecule has 10 heteroatoms. The molecule has 0 aliphatic rings. The summed E-state index contributed by atoms with van der Waals surface area (Å²) >= 11 is 1.66. The Hall–Kier alpha value is -3.37. The molecule has 3 aromatic heterocycles. The van der Waals surface area contributed by atoms with E-state index in [-0.39, 0.29) is 24.1 Å². The number of hydrogen-bond donors (Lipinski definition) is 1. The number of para-hydroxylation sites is 1. The molecule has 0 saturated carbocycles. The second-order valence-electron chi connectivity index (χ2n) is 8.84. The lowest BCUT2D eigenvalue weighted by Crippen LogP contribution is -2.35. The summed E-state index contributed by atoms with van der Waals surface area (Å²) in [4.78, 5) is 31.7. The van der Waals surface area contributed by atoms with Crippen molar-refractivity contribution in [3.63, 3.8) is 0 Å².